The van der Waals surface area contributed by atoms with E-state index in [0.717, 1.165) is 5.56 Å². The maximum absolute atomic E-state index is 10.5. The molecule has 0 spiro atoms. The van der Waals surface area contributed by atoms with E-state index in [-0.39, 0.29) is 5.56 Å². The molecule has 1 aromatic carbocycles. The van der Waals surface area contributed by atoms with Crippen LogP contribution in [0.15, 0.2) is 18.2 Å². The normalized spacial score (nSPS) is 9.83. The number of carbonyl (C=O) groups is 1. The van der Waals surface area contributed by atoms with Gasteiger partial charge >= 0.3 is 5.97 Å². The van der Waals surface area contributed by atoms with Gasteiger partial charge in [-0.05, 0) is 17.7 Å². The summed E-state index contributed by atoms with van der Waals surface area (Å²) < 4.78 is 0. The highest BCUT2D eigenvalue weighted by molar-refractivity contribution is 6.32. The van der Waals surface area contributed by atoms with Gasteiger partial charge in [-0.1, -0.05) is 17.7 Å². The SMILES string of the molecule is O=C(O)c1ccc(CCl)c(Cl)c1. The molecule has 0 aliphatic heterocycles. The topological polar surface area (TPSA) is 37.3 Å². The molecule has 2 nitrogen and oxygen atoms in total. The molecular weight excluding hydrogens is 199 g/mol. The van der Waals surface area contributed by atoms with Gasteiger partial charge in [0.1, 0.15) is 0 Å². The summed E-state index contributed by atoms with van der Waals surface area (Å²) in [5.41, 5.74) is 0.914. The third-order valence-electron chi connectivity index (χ3n) is 1.44. The van der Waals surface area contributed by atoms with Crippen LogP contribution in [0.3, 0.4) is 0 Å². The first-order valence-corrected chi connectivity index (χ1v) is 4.14. The zero-order chi connectivity index (χ0) is 9.14. The summed E-state index contributed by atoms with van der Waals surface area (Å²) in [4.78, 5) is 10.5. The van der Waals surface area contributed by atoms with Crippen molar-refractivity contribution in [2.24, 2.45) is 0 Å². The molecule has 1 aromatic rings. The molecule has 1 N–H and O–H groups in total. The largest absolute Gasteiger partial charge is 0.478 e. The highest BCUT2D eigenvalue weighted by atomic mass is 35.5. The Morgan fingerprint density at radius 2 is 2.17 bits per heavy atom. The van der Waals surface area contributed by atoms with Crippen LogP contribution in [-0.4, -0.2) is 11.1 Å². The number of alkyl halides is 1. The minimum absolute atomic E-state index is 0.175. The van der Waals surface area contributed by atoms with E-state index in [0.29, 0.717) is 10.9 Å². The van der Waals surface area contributed by atoms with Crippen LogP contribution in [0.1, 0.15) is 15.9 Å². The Balaban J connectivity index is 3.10. The quantitative estimate of drug-likeness (QED) is 0.753. The molecule has 0 unspecified atom stereocenters. The number of halogens is 2. The van der Waals surface area contributed by atoms with E-state index in [1.807, 2.05) is 0 Å². The van der Waals surface area contributed by atoms with E-state index >= 15 is 0 Å². The van der Waals surface area contributed by atoms with Gasteiger partial charge < -0.3 is 5.11 Å². The predicted molar refractivity (Wildman–Crippen MR) is 48.0 cm³/mol. The second-order valence-electron chi connectivity index (χ2n) is 2.24. The van der Waals surface area contributed by atoms with E-state index in [1.54, 1.807) is 6.07 Å². The minimum atomic E-state index is -0.988. The van der Waals surface area contributed by atoms with Crippen LogP contribution in [0.4, 0.5) is 0 Å². The lowest BCUT2D eigenvalue weighted by Gasteiger charge is -2.00. The summed E-state index contributed by atoms with van der Waals surface area (Å²) in [5.74, 6) is -0.698. The fourth-order valence-electron chi connectivity index (χ4n) is 0.789. The predicted octanol–water partition coefficient (Wildman–Crippen LogP) is 2.78. The highest BCUT2D eigenvalue weighted by Crippen LogP contribution is 2.19. The second kappa shape index (κ2) is 3.78. The number of hydrogen-bond acceptors (Lipinski definition) is 1. The van der Waals surface area contributed by atoms with Crippen molar-refractivity contribution in [3.05, 3.63) is 34.3 Å². The Bertz CT molecular complexity index is 310. The minimum Gasteiger partial charge on any atom is -0.478 e. The number of rotatable bonds is 2. The van der Waals surface area contributed by atoms with Crippen LogP contribution in [-0.2, 0) is 5.88 Å². The van der Waals surface area contributed by atoms with E-state index in [2.05, 4.69) is 0 Å². The van der Waals surface area contributed by atoms with Crippen molar-refractivity contribution in [2.75, 3.05) is 0 Å². The van der Waals surface area contributed by atoms with E-state index in [9.17, 15) is 4.79 Å². The van der Waals surface area contributed by atoms with Crippen LogP contribution in [0.2, 0.25) is 5.02 Å². The van der Waals surface area contributed by atoms with Crippen molar-refractivity contribution in [3.63, 3.8) is 0 Å². The van der Waals surface area contributed by atoms with Crippen LogP contribution in [0.25, 0.3) is 0 Å². The lowest BCUT2D eigenvalue weighted by atomic mass is 10.1. The molecule has 0 saturated heterocycles. The highest BCUT2D eigenvalue weighted by Gasteiger charge is 2.05. The van der Waals surface area contributed by atoms with Crippen LogP contribution in [0.5, 0.6) is 0 Å². The van der Waals surface area contributed by atoms with Gasteiger partial charge in [-0.3, -0.25) is 0 Å². The van der Waals surface area contributed by atoms with Crippen molar-refractivity contribution in [1.82, 2.24) is 0 Å². The Kier molecular flexibility index (Phi) is 2.95. The van der Waals surface area contributed by atoms with Gasteiger partial charge in [0.2, 0.25) is 0 Å². The fraction of sp³-hybridized carbons (Fsp3) is 0.125. The molecule has 0 atom stereocenters. The van der Waals surface area contributed by atoms with Gasteiger partial charge in [0.15, 0.2) is 0 Å². The van der Waals surface area contributed by atoms with Crippen LogP contribution >= 0.6 is 23.2 Å². The number of benzene rings is 1. The molecule has 64 valence electrons. The number of carboxylic acids is 1. The summed E-state index contributed by atoms with van der Waals surface area (Å²) in [7, 11) is 0. The molecule has 0 aromatic heterocycles. The molecule has 0 bridgehead atoms. The molecule has 1 rings (SSSR count). The van der Waals surface area contributed by atoms with Gasteiger partial charge in [0.05, 0.1) is 5.56 Å². The first kappa shape index (κ1) is 9.36. The first-order chi connectivity index (χ1) is 5.65. The number of aromatic carboxylic acids is 1. The molecule has 0 radical (unpaired) electrons. The van der Waals surface area contributed by atoms with Gasteiger partial charge in [-0.2, -0.15) is 0 Å². The van der Waals surface area contributed by atoms with Gasteiger partial charge in [-0.25, -0.2) is 4.79 Å². The van der Waals surface area contributed by atoms with Gasteiger partial charge in [0.25, 0.3) is 0 Å². The molecule has 0 heterocycles. The van der Waals surface area contributed by atoms with E-state index in [4.69, 9.17) is 28.3 Å². The molecule has 0 aliphatic rings. The lowest BCUT2D eigenvalue weighted by Crippen LogP contribution is -1.96. The van der Waals surface area contributed by atoms with Crippen molar-refractivity contribution in [3.8, 4) is 0 Å². The van der Waals surface area contributed by atoms with Gasteiger partial charge in [0, 0.05) is 10.9 Å². The molecule has 4 heteroatoms. The van der Waals surface area contributed by atoms with Crippen LogP contribution in [0, 0.1) is 0 Å². The summed E-state index contributed by atoms with van der Waals surface area (Å²) in [5, 5.41) is 8.97. The van der Waals surface area contributed by atoms with E-state index in [1.165, 1.54) is 12.1 Å². The molecule has 0 fully saturated rings. The van der Waals surface area contributed by atoms with Crippen molar-refractivity contribution < 1.29 is 9.90 Å². The fourth-order valence-corrected chi connectivity index (χ4v) is 1.34. The van der Waals surface area contributed by atoms with Crippen LogP contribution < -0.4 is 0 Å². The third kappa shape index (κ3) is 1.90. The van der Waals surface area contributed by atoms with Crippen molar-refractivity contribution in [1.29, 1.82) is 0 Å². The number of hydrogen-bond donors (Lipinski definition) is 1. The smallest absolute Gasteiger partial charge is 0.335 e. The molecule has 0 saturated carbocycles. The van der Waals surface area contributed by atoms with E-state index < -0.39 is 5.97 Å². The standard InChI is InChI=1S/C8H6Cl2O2/c9-4-6-2-1-5(8(11)12)3-7(6)10/h1-3H,4H2,(H,11,12). The summed E-state index contributed by atoms with van der Waals surface area (Å²) >= 11 is 11.3. The molecule has 0 amide bonds. The Hall–Kier alpha value is -0.730. The third-order valence-corrected chi connectivity index (χ3v) is 2.08. The second-order valence-corrected chi connectivity index (χ2v) is 2.92. The first-order valence-electron chi connectivity index (χ1n) is 3.23. The Morgan fingerprint density at radius 1 is 1.50 bits per heavy atom. The maximum atomic E-state index is 10.5. The average Bonchev–Trinajstić information content (AvgIpc) is 2.04. The summed E-state index contributed by atoms with van der Waals surface area (Å²) in [6, 6.07) is 4.48. The average molecular weight is 205 g/mol. The molecular formula is C8H6Cl2O2. The monoisotopic (exact) mass is 204 g/mol. The Morgan fingerprint density at radius 3 is 2.58 bits per heavy atom. The summed E-state index contributed by atoms with van der Waals surface area (Å²) in [6.45, 7) is 0. The summed E-state index contributed by atoms with van der Waals surface area (Å²) in [6.07, 6.45) is 0. The zero-order valence-electron chi connectivity index (χ0n) is 6.05. The lowest BCUT2D eigenvalue weighted by molar-refractivity contribution is 0.0697. The van der Waals surface area contributed by atoms with Gasteiger partial charge in [-0.15, -0.1) is 11.6 Å². The van der Waals surface area contributed by atoms with Crippen molar-refractivity contribution in [2.45, 2.75) is 5.88 Å². The molecule has 0 aliphatic carbocycles. The molecule has 12 heavy (non-hydrogen) atoms. The zero-order valence-corrected chi connectivity index (χ0v) is 7.56. The number of carboxylic acid groups (broad SMARTS) is 1. The Labute approximate surface area is 79.7 Å². The maximum Gasteiger partial charge on any atom is 0.335 e. The van der Waals surface area contributed by atoms with Crippen molar-refractivity contribution >= 4 is 29.2 Å².